The highest BCUT2D eigenvalue weighted by molar-refractivity contribution is 5.97. The molecule has 2 heterocycles. The monoisotopic (exact) mass is 376 g/mol. The molecule has 0 aromatic heterocycles. The molecule has 0 unspecified atom stereocenters. The van der Waals surface area contributed by atoms with Crippen LogP contribution in [0.2, 0.25) is 0 Å². The molecule has 2 aliphatic rings. The maximum absolute atomic E-state index is 12.5. The van der Waals surface area contributed by atoms with Gasteiger partial charge in [0.15, 0.2) is 5.79 Å². The molecule has 0 saturated carbocycles. The third-order valence-corrected chi connectivity index (χ3v) is 4.94. The Balaban J connectivity index is 1.87. The van der Waals surface area contributed by atoms with Gasteiger partial charge in [0.05, 0.1) is 18.3 Å². The Kier molecular flexibility index (Phi) is 5.77. The SMILES string of the molecule is C[C@H]1CCC[C@@H]2OC(C)(C)O[C@H]2CC/C=C/c2cc(O)cc(O)c2C(=O)O1. The topological polar surface area (TPSA) is 85.2 Å². The first-order valence-corrected chi connectivity index (χ1v) is 9.54. The van der Waals surface area contributed by atoms with E-state index in [4.69, 9.17) is 14.2 Å². The van der Waals surface area contributed by atoms with Crippen LogP contribution in [0.3, 0.4) is 0 Å². The van der Waals surface area contributed by atoms with Crippen LogP contribution in [0.1, 0.15) is 68.8 Å². The molecule has 0 spiro atoms. The number of carbonyl (C=O) groups excluding carboxylic acids is 1. The molecule has 3 atom stereocenters. The minimum Gasteiger partial charge on any atom is -0.508 e. The molecular formula is C21H28O6. The van der Waals surface area contributed by atoms with Crippen molar-refractivity contribution in [3.05, 3.63) is 29.3 Å². The molecular weight excluding hydrogens is 348 g/mol. The van der Waals surface area contributed by atoms with Gasteiger partial charge in [-0.15, -0.1) is 0 Å². The summed E-state index contributed by atoms with van der Waals surface area (Å²) in [6.07, 6.45) is 7.29. The lowest BCUT2D eigenvalue weighted by molar-refractivity contribution is -0.147. The molecule has 0 bridgehead atoms. The van der Waals surface area contributed by atoms with Crippen molar-refractivity contribution in [1.29, 1.82) is 0 Å². The molecule has 0 amide bonds. The summed E-state index contributed by atoms with van der Waals surface area (Å²) in [7, 11) is 0. The fourth-order valence-electron chi connectivity index (χ4n) is 3.76. The van der Waals surface area contributed by atoms with Gasteiger partial charge in [-0.1, -0.05) is 12.2 Å². The Bertz CT molecular complexity index is 724. The summed E-state index contributed by atoms with van der Waals surface area (Å²) in [5.74, 6) is -1.56. The van der Waals surface area contributed by atoms with Gasteiger partial charge in [-0.3, -0.25) is 0 Å². The molecule has 6 heteroatoms. The normalized spacial score (nSPS) is 29.9. The van der Waals surface area contributed by atoms with Crippen LogP contribution in [0, 0.1) is 0 Å². The Morgan fingerprint density at radius 3 is 2.52 bits per heavy atom. The number of aromatic hydroxyl groups is 2. The molecule has 3 rings (SSSR count). The van der Waals surface area contributed by atoms with E-state index in [1.807, 2.05) is 26.8 Å². The van der Waals surface area contributed by atoms with Crippen LogP contribution in [0.15, 0.2) is 18.2 Å². The predicted molar refractivity (Wildman–Crippen MR) is 101 cm³/mol. The first kappa shape index (κ1) is 19.7. The summed E-state index contributed by atoms with van der Waals surface area (Å²) >= 11 is 0. The van der Waals surface area contributed by atoms with Crippen molar-refractivity contribution < 1.29 is 29.2 Å². The largest absolute Gasteiger partial charge is 0.508 e. The van der Waals surface area contributed by atoms with Crippen LogP contribution in [0.5, 0.6) is 11.5 Å². The third kappa shape index (κ3) is 4.82. The number of benzene rings is 1. The second kappa shape index (κ2) is 7.90. The number of hydrogen-bond donors (Lipinski definition) is 2. The summed E-state index contributed by atoms with van der Waals surface area (Å²) in [5.41, 5.74) is 0.509. The number of phenolic OH excluding ortho intramolecular Hbond substituents is 2. The maximum Gasteiger partial charge on any atom is 0.342 e. The van der Waals surface area contributed by atoms with Gasteiger partial charge in [-0.25, -0.2) is 4.79 Å². The molecule has 0 aliphatic carbocycles. The molecule has 1 aromatic carbocycles. The van der Waals surface area contributed by atoms with Crippen LogP contribution in [-0.4, -0.2) is 40.3 Å². The van der Waals surface area contributed by atoms with E-state index in [1.54, 1.807) is 6.08 Å². The fourth-order valence-corrected chi connectivity index (χ4v) is 3.76. The minimum atomic E-state index is -0.588. The summed E-state index contributed by atoms with van der Waals surface area (Å²) in [6.45, 7) is 5.69. The number of cyclic esters (lactones) is 1. The van der Waals surface area contributed by atoms with E-state index in [9.17, 15) is 15.0 Å². The van der Waals surface area contributed by atoms with Gasteiger partial charge in [-0.05, 0) is 64.5 Å². The molecule has 1 saturated heterocycles. The molecule has 0 radical (unpaired) electrons. The van der Waals surface area contributed by atoms with Gasteiger partial charge in [0.25, 0.3) is 0 Å². The Morgan fingerprint density at radius 1 is 1.07 bits per heavy atom. The zero-order valence-electron chi connectivity index (χ0n) is 16.1. The smallest absolute Gasteiger partial charge is 0.342 e. The van der Waals surface area contributed by atoms with Crippen LogP contribution >= 0.6 is 0 Å². The van der Waals surface area contributed by atoms with Crippen molar-refractivity contribution in [2.24, 2.45) is 0 Å². The van der Waals surface area contributed by atoms with E-state index in [0.717, 1.165) is 31.7 Å². The lowest BCUT2D eigenvalue weighted by Crippen LogP contribution is -2.23. The molecule has 2 N–H and O–H groups in total. The zero-order chi connectivity index (χ0) is 19.6. The molecule has 27 heavy (non-hydrogen) atoms. The van der Waals surface area contributed by atoms with Crippen molar-refractivity contribution in [1.82, 2.24) is 0 Å². The van der Waals surface area contributed by atoms with Crippen LogP contribution < -0.4 is 0 Å². The Morgan fingerprint density at radius 2 is 1.78 bits per heavy atom. The van der Waals surface area contributed by atoms with Crippen LogP contribution in [-0.2, 0) is 14.2 Å². The summed E-state index contributed by atoms with van der Waals surface area (Å²) < 4.78 is 17.6. The molecule has 2 aliphatic heterocycles. The van der Waals surface area contributed by atoms with E-state index in [1.165, 1.54) is 6.07 Å². The molecule has 6 nitrogen and oxygen atoms in total. The fraction of sp³-hybridized carbons (Fsp3) is 0.571. The second-order valence-corrected chi connectivity index (χ2v) is 7.77. The minimum absolute atomic E-state index is 0.0162. The third-order valence-electron chi connectivity index (χ3n) is 4.94. The Labute approximate surface area is 159 Å². The van der Waals surface area contributed by atoms with Crippen molar-refractivity contribution in [3.63, 3.8) is 0 Å². The zero-order valence-corrected chi connectivity index (χ0v) is 16.1. The Hall–Kier alpha value is -2.05. The first-order chi connectivity index (χ1) is 12.7. The predicted octanol–water partition coefficient (Wildman–Crippen LogP) is 4.14. The average Bonchev–Trinajstić information content (AvgIpc) is 2.84. The van der Waals surface area contributed by atoms with E-state index in [0.29, 0.717) is 12.0 Å². The molecule has 1 aromatic rings. The van der Waals surface area contributed by atoms with E-state index in [2.05, 4.69) is 0 Å². The number of ether oxygens (including phenoxy) is 3. The average molecular weight is 376 g/mol. The van der Waals surface area contributed by atoms with Crippen molar-refractivity contribution in [3.8, 4) is 11.5 Å². The molecule has 148 valence electrons. The number of rotatable bonds is 0. The lowest BCUT2D eigenvalue weighted by Gasteiger charge is -2.19. The van der Waals surface area contributed by atoms with Crippen LogP contribution in [0.4, 0.5) is 0 Å². The number of esters is 1. The van der Waals surface area contributed by atoms with Gasteiger partial charge in [0.1, 0.15) is 17.1 Å². The second-order valence-electron chi connectivity index (χ2n) is 7.77. The van der Waals surface area contributed by atoms with Gasteiger partial charge in [0, 0.05) is 6.07 Å². The highest BCUT2D eigenvalue weighted by atomic mass is 16.7. The van der Waals surface area contributed by atoms with E-state index in [-0.39, 0.29) is 35.4 Å². The van der Waals surface area contributed by atoms with Crippen molar-refractivity contribution in [2.45, 2.75) is 77.0 Å². The van der Waals surface area contributed by atoms with Crippen LogP contribution in [0.25, 0.3) is 6.08 Å². The lowest BCUT2D eigenvalue weighted by atomic mass is 10.00. The van der Waals surface area contributed by atoms with E-state index >= 15 is 0 Å². The number of fused-ring (bicyclic) bond motifs is 2. The highest BCUT2D eigenvalue weighted by Gasteiger charge is 2.40. The number of carbonyl (C=O) groups is 1. The van der Waals surface area contributed by atoms with Gasteiger partial charge < -0.3 is 24.4 Å². The first-order valence-electron chi connectivity index (χ1n) is 9.54. The standard InChI is InChI=1S/C21H28O6/c1-13-7-6-10-18-17(26-21(2,3)27-18)9-5-4-8-14-11-15(22)12-16(23)19(14)20(24)25-13/h4,8,11-13,17-18,22-23H,5-7,9-10H2,1-3H3/b8-4+/t13-,17-,18-/m0/s1. The van der Waals surface area contributed by atoms with Gasteiger partial charge in [-0.2, -0.15) is 0 Å². The number of hydrogen-bond acceptors (Lipinski definition) is 6. The molecule has 1 fully saturated rings. The van der Waals surface area contributed by atoms with Crippen molar-refractivity contribution >= 4 is 12.0 Å². The van der Waals surface area contributed by atoms with Crippen molar-refractivity contribution in [2.75, 3.05) is 0 Å². The summed E-state index contributed by atoms with van der Waals surface area (Å²) in [5, 5.41) is 19.9. The van der Waals surface area contributed by atoms with Gasteiger partial charge >= 0.3 is 5.97 Å². The van der Waals surface area contributed by atoms with Gasteiger partial charge in [0.2, 0.25) is 0 Å². The number of allylic oxidation sites excluding steroid dienone is 1. The summed E-state index contributed by atoms with van der Waals surface area (Å²) in [6, 6.07) is 2.60. The maximum atomic E-state index is 12.5. The quantitative estimate of drug-likeness (QED) is 0.662. The summed E-state index contributed by atoms with van der Waals surface area (Å²) in [4.78, 5) is 12.5. The highest BCUT2D eigenvalue weighted by Crippen LogP contribution is 2.34. The van der Waals surface area contributed by atoms with E-state index < -0.39 is 11.8 Å². The number of phenols is 2.